The molecule has 1 aromatic heterocycles. The lowest BCUT2D eigenvalue weighted by Gasteiger charge is -2.32. The highest BCUT2D eigenvalue weighted by molar-refractivity contribution is 5.78. The molecule has 3 N–H and O–H groups in total. The molecular weight excluding hydrogens is 377 g/mol. The average Bonchev–Trinajstić information content (AvgIpc) is 3.11. The van der Waals surface area contributed by atoms with Gasteiger partial charge in [-0.15, -0.1) is 0 Å². The Morgan fingerprint density at radius 2 is 1.93 bits per heavy atom. The lowest BCUT2D eigenvalue weighted by molar-refractivity contribution is -0.138. The molecule has 2 amide bonds. The van der Waals surface area contributed by atoms with Crippen LogP contribution in [0.15, 0.2) is 54.6 Å². The molecule has 1 aliphatic heterocycles. The molecule has 0 saturated carbocycles. The zero-order valence-corrected chi connectivity index (χ0v) is 15.3. The second-order valence-corrected chi connectivity index (χ2v) is 6.58. The molecule has 3 aromatic rings. The number of morpholine rings is 1. The number of nitrogens with two attached hydrogens (primary N) is 1. The highest BCUT2D eigenvalue weighted by Gasteiger charge is 2.36. The molecule has 0 spiro atoms. The molecule has 2 aromatic carbocycles. The first kappa shape index (κ1) is 18.8. The van der Waals surface area contributed by atoms with Gasteiger partial charge in [0.1, 0.15) is 24.2 Å². The molecule has 29 heavy (non-hydrogen) atoms. The highest BCUT2D eigenvalue weighted by Crippen LogP contribution is 2.34. The number of halogens is 1. The lowest BCUT2D eigenvalue weighted by atomic mass is 9.99. The third-order valence-electron chi connectivity index (χ3n) is 4.52. The Kier molecular flexibility index (Phi) is 5.05. The van der Waals surface area contributed by atoms with E-state index in [4.69, 9.17) is 10.5 Å². The van der Waals surface area contributed by atoms with Gasteiger partial charge in [0.25, 0.3) is 0 Å². The Morgan fingerprint density at radius 3 is 2.66 bits per heavy atom. The first-order valence-electron chi connectivity index (χ1n) is 8.98. The lowest BCUT2D eigenvalue weighted by Crippen LogP contribution is -2.42. The Morgan fingerprint density at radius 1 is 1.21 bits per heavy atom. The maximum Gasteiger partial charge on any atom is 0.246 e. The number of nitrogens with zero attached hydrogens (tertiary/aromatic N) is 3. The Labute approximate surface area is 165 Å². The van der Waals surface area contributed by atoms with Crippen LogP contribution in [0.2, 0.25) is 0 Å². The number of ether oxygens (including phenoxy) is 1. The largest absolute Gasteiger partial charge is 0.369 e. The smallest absolute Gasteiger partial charge is 0.246 e. The van der Waals surface area contributed by atoms with E-state index in [0.717, 1.165) is 5.56 Å². The van der Waals surface area contributed by atoms with Gasteiger partial charge in [-0.2, -0.15) is 5.10 Å². The van der Waals surface area contributed by atoms with E-state index >= 15 is 0 Å². The number of amides is 2. The van der Waals surface area contributed by atoms with Gasteiger partial charge in [0, 0.05) is 0 Å². The molecule has 1 fully saturated rings. The SMILES string of the molecule is NC(=O)Cc1nc([C@H]2OCC(=O)N[C@@H]2c2ccccc2)n(-c2ccccc2F)n1. The minimum atomic E-state index is -0.746. The Hall–Kier alpha value is -3.59. The van der Waals surface area contributed by atoms with Crippen LogP contribution >= 0.6 is 0 Å². The molecule has 2 atom stereocenters. The van der Waals surface area contributed by atoms with Gasteiger partial charge < -0.3 is 15.8 Å². The second kappa shape index (κ2) is 7.80. The molecule has 1 saturated heterocycles. The van der Waals surface area contributed by atoms with Crippen LogP contribution in [-0.2, 0) is 20.7 Å². The van der Waals surface area contributed by atoms with Gasteiger partial charge >= 0.3 is 0 Å². The molecule has 148 valence electrons. The van der Waals surface area contributed by atoms with Gasteiger partial charge in [0.2, 0.25) is 11.8 Å². The van der Waals surface area contributed by atoms with Crippen molar-refractivity contribution in [2.75, 3.05) is 6.61 Å². The third-order valence-corrected chi connectivity index (χ3v) is 4.52. The molecule has 1 aliphatic rings. The summed E-state index contributed by atoms with van der Waals surface area (Å²) in [5.74, 6) is -0.993. The number of hydrogen-bond acceptors (Lipinski definition) is 5. The van der Waals surface area contributed by atoms with Crippen molar-refractivity contribution in [3.63, 3.8) is 0 Å². The van der Waals surface area contributed by atoms with Crippen molar-refractivity contribution >= 4 is 11.8 Å². The quantitative estimate of drug-likeness (QED) is 0.678. The Balaban J connectivity index is 1.83. The topological polar surface area (TPSA) is 112 Å². The minimum absolute atomic E-state index is 0.142. The van der Waals surface area contributed by atoms with Crippen molar-refractivity contribution in [3.8, 4) is 5.69 Å². The summed E-state index contributed by atoms with van der Waals surface area (Å²) in [4.78, 5) is 27.8. The fourth-order valence-electron chi connectivity index (χ4n) is 3.28. The van der Waals surface area contributed by atoms with Crippen molar-refractivity contribution in [2.24, 2.45) is 5.73 Å². The number of para-hydroxylation sites is 1. The van der Waals surface area contributed by atoms with Crippen LogP contribution in [0.4, 0.5) is 4.39 Å². The van der Waals surface area contributed by atoms with Crippen LogP contribution in [0, 0.1) is 5.82 Å². The first-order valence-corrected chi connectivity index (χ1v) is 8.98. The van der Waals surface area contributed by atoms with E-state index in [-0.39, 0.29) is 36.3 Å². The summed E-state index contributed by atoms with van der Waals surface area (Å²) in [6.07, 6.45) is -0.951. The molecule has 8 nitrogen and oxygen atoms in total. The first-order chi connectivity index (χ1) is 14.0. The molecule has 0 radical (unpaired) electrons. The van der Waals surface area contributed by atoms with Crippen LogP contribution in [-0.4, -0.2) is 33.2 Å². The number of rotatable bonds is 5. The normalized spacial score (nSPS) is 19.0. The van der Waals surface area contributed by atoms with Gasteiger partial charge in [-0.3, -0.25) is 9.59 Å². The predicted octanol–water partition coefficient (Wildman–Crippen LogP) is 1.36. The van der Waals surface area contributed by atoms with Crippen LogP contribution < -0.4 is 11.1 Å². The predicted molar refractivity (Wildman–Crippen MR) is 100 cm³/mol. The van der Waals surface area contributed by atoms with Crippen molar-refractivity contribution in [1.82, 2.24) is 20.1 Å². The average molecular weight is 395 g/mol. The molecule has 2 heterocycles. The van der Waals surface area contributed by atoms with Crippen molar-refractivity contribution in [1.29, 1.82) is 0 Å². The van der Waals surface area contributed by atoms with Crippen molar-refractivity contribution in [3.05, 3.63) is 77.6 Å². The summed E-state index contributed by atoms with van der Waals surface area (Å²) in [5.41, 5.74) is 6.22. The van der Waals surface area contributed by atoms with Crippen molar-refractivity contribution in [2.45, 2.75) is 18.6 Å². The van der Waals surface area contributed by atoms with E-state index < -0.39 is 23.9 Å². The molecule has 0 bridgehead atoms. The van der Waals surface area contributed by atoms with Gasteiger partial charge in [0.15, 0.2) is 11.6 Å². The van der Waals surface area contributed by atoms with Crippen LogP contribution in [0.25, 0.3) is 5.69 Å². The van der Waals surface area contributed by atoms with Crippen LogP contribution in [0.5, 0.6) is 0 Å². The summed E-state index contributed by atoms with van der Waals surface area (Å²) >= 11 is 0. The van der Waals surface area contributed by atoms with E-state index in [0.29, 0.717) is 0 Å². The zero-order chi connectivity index (χ0) is 20.4. The molecule has 0 unspecified atom stereocenters. The number of carbonyl (C=O) groups is 2. The molecule has 0 aliphatic carbocycles. The number of benzene rings is 2. The zero-order valence-electron chi connectivity index (χ0n) is 15.3. The maximum atomic E-state index is 14.5. The standard InChI is InChI=1S/C20H18FN5O3/c21-13-8-4-5-9-14(13)26-20(23-16(25-26)10-15(22)27)19-18(24-17(28)11-29-19)12-6-2-1-3-7-12/h1-9,18-19H,10-11H2,(H2,22,27)(H,24,28)/t18-,19+/m1/s1. The highest BCUT2D eigenvalue weighted by atomic mass is 19.1. The summed E-state index contributed by atoms with van der Waals surface area (Å²) in [5, 5.41) is 7.17. The monoisotopic (exact) mass is 395 g/mol. The molecule has 9 heteroatoms. The maximum absolute atomic E-state index is 14.5. The van der Waals surface area contributed by atoms with Crippen LogP contribution in [0.1, 0.15) is 29.4 Å². The van der Waals surface area contributed by atoms with Gasteiger partial charge in [-0.05, 0) is 17.7 Å². The molecular formula is C20H18FN5O3. The summed E-state index contributed by atoms with van der Waals surface area (Å²) in [7, 11) is 0. The minimum Gasteiger partial charge on any atom is -0.369 e. The number of primary amides is 1. The third kappa shape index (κ3) is 3.85. The second-order valence-electron chi connectivity index (χ2n) is 6.58. The molecule has 4 rings (SSSR count). The van der Waals surface area contributed by atoms with Crippen LogP contribution in [0.3, 0.4) is 0 Å². The van der Waals surface area contributed by atoms with Gasteiger partial charge in [-0.1, -0.05) is 42.5 Å². The summed E-state index contributed by atoms with van der Waals surface area (Å²) in [6, 6.07) is 14.7. The van der Waals surface area contributed by atoms with Gasteiger partial charge in [-0.25, -0.2) is 14.1 Å². The number of nitrogens with one attached hydrogen (secondary N) is 1. The fraction of sp³-hybridized carbons (Fsp3) is 0.200. The van der Waals surface area contributed by atoms with E-state index in [1.165, 1.54) is 10.7 Å². The van der Waals surface area contributed by atoms with E-state index in [9.17, 15) is 14.0 Å². The summed E-state index contributed by atoms with van der Waals surface area (Å²) in [6.45, 7) is -0.177. The van der Waals surface area contributed by atoms with E-state index in [2.05, 4.69) is 15.4 Å². The van der Waals surface area contributed by atoms with E-state index in [1.54, 1.807) is 18.2 Å². The fourth-order valence-corrected chi connectivity index (χ4v) is 3.28. The number of carbonyl (C=O) groups excluding carboxylic acids is 2. The Bertz CT molecular complexity index is 1050. The number of aromatic nitrogens is 3. The van der Waals surface area contributed by atoms with E-state index in [1.807, 2.05) is 30.3 Å². The summed E-state index contributed by atoms with van der Waals surface area (Å²) < 4.78 is 21.6. The van der Waals surface area contributed by atoms with Crippen molar-refractivity contribution < 1.29 is 18.7 Å². The van der Waals surface area contributed by atoms with Gasteiger partial charge in [0.05, 0.1) is 12.5 Å². The number of hydrogen-bond donors (Lipinski definition) is 2.